The fourth-order valence-electron chi connectivity index (χ4n) is 1.51. The average molecular weight is 228 g/mol. The van der Waals surface area contributed by atoms with Crippen LogP contribution in [0.1, 0.15) is 34.1 Å². The van der Waals surface area contributed by atoms with Gasteiger partial charge in [-0.15, -0.1) is 0 Å². The van der Waals surface area contributed by atoms with Crippen LogP contribution in [0.2, 0.25) is 0 Å². The summed E-state index contributed by atoms with van der Waals surface area (Å²) in [6, 6.07) is 0.0220. The molecule has 0 radical (unpaired) electrons. The molecule has 1 heterocycles. The number of rotatable bonds is 0. The van der Waals surface area contributed by atoms with Crippen LogP contribution in [0.15, 0.2) is 0 Å². The van der Waals surface area contributed by atoms with Gasteiger partial charge in [0.1, 0.15) is 12.1 Å². The lowest BCUT2D eigenvalue weighted by Crippen LogP contribution is -2.44. The highest BCUT2D eigenvalue weighted by molar-refractivity contribution is 5.82. The van der Waals surface area contributed by atoms with E-state index in [0.29, 0.717) is 6.54 Å². The van der Waals surface area contributed by atoms with Gasteiger partial charge in [0.05, 0.1) is 0 Å². The van der Waals surface area contributed by atoms with Gasteiger partial charge in [0.2, 0.25) is 5.91 Å². The number of nitrogens with one attached hydrogen (secondary N) is 1. The Kier molecular flexibility index (Phi) is 3.78. The molecule has 0 aromatic carbocycles. The van der Waals surface area contributed by atoms with E-state index in [2.05, 4.69) is 5.32 Å². The molecule has 0 bridgehead atoms. The molecule has 16 heavy (non-hydrogen) atoms. The van der Waals surface area contributed by atoms with E-state index in [1.807, 2.05) is 27.7 Å². The molecule has 5 nitrogen and oxygen atoms in total. The molecule has 2 amide bonds. The molecule has 0 aliphatic carbocycles. The van der Waals surface area contributed by atoms with E-state index in [9.17, 15) is 9.59 Å². The number of nitrogens with zero attached hydrogens (tertiary/aromatic N) is 1. The SMILES string of the molecule is CC1CCNC(=O)CN1C(=O)OC(C)(C)C. The quantitative estimate of drug-likeness (QED) is 0.676. The Bertz CT molecular complexity index is 283. The van der Waals surface area contributed by atoms with Gasteiger partial charge in [-0.05, 0) is 34.1 Å². The van der Waals surface area contributed by atoms with Gasteiger partial charge in [0.15, 0.2) is 0 Å². The molecular weight excluding hydrogens is 208 g/mol. The van der Waals surface area contributed by atoms with E-state index >= 15 is 0 Å². The summed E-state index contributed by atoms with van der Waals surface area (Å²) in [5.74, 6) is -0.129. The maximum Gasteiger partial charge on any atom is 0.410 e. The van der Waals surface area contributed by atoms with Gasteiger partial charge in [-0.1, -0.05) is 0 Å². The number of carbonyl (C=O) groups is 2. The largest absolute Gasteiger partial charge is 0.444 e. The zero-order valence-electron chi connectivity index (χ0n) is 10.4. The van der Waals surface area contributed by atoms with Gasteiger partial charge in [0, 0.05) is 12.6 Å². The van der Waals surface area contributed by atoms with Crippen molar-refractivity contribution < 1.29 is 14.3 Å². The van der Waals surface area contributed by atoms with Crippen LogP contribution in [-0.2, 0) is 9.53 Å². The third-order valence-corrected chi connectivity index (χ3v) is 2.36. The van der Waals surface area contributed by atoms with Crippen molar-refractivity contribution in [2.45, 2.75) is 45.8 Å². The minimum atomic E-state index is -0.528. The second-order valence-corrected chi connectivity index (χ2v) is 5.10. The van der Waals surface area contributed by atoms with Gasteiger partial charge >= 0.3 is 6.09 Å². The first-order valence-corrected chi connectivity index (χ1v) is 5.56. The molecule has 0 saturated carbocycles. The lowest BCUT2D eigenvalue weighted by Gasteiger charge is -2.29. The summed E-state index contributed by atoms with van der Waals surface area (Å²) in [5.41, 5.74) is -0.528. The molecular formula is C11H20N2O3. The van der Waals surface area contributed by atoms with E-state index in [1.165, 1.54) is 4.90 Å². The minimum Gasteiger partial charge on any atom is -0.444 e. The number of hydrogen-bond acceptors (Lipinski definition) is 3. The molecule has 5 heteroatoms. The zero-order valence-corrected chi connectivity index (χ0v) is 10.4. The van der Waals surface area contributed by atoms with Gasteiger partial charge in [-0.2, -0.15) is 0 Å². The standard InChI is InChI=1S/C11H20N2O3/c1-8-5-6-12-9(14)7-13(8)10(15)16-11(2,3)4/h8H,5-7H2,1-4H3,(H,12,14). The number of amides is 2. The van der Waals surface area contributed by atoms with Gasteiger partial charge in [0.25, 0.3) is 0 Å². The lowest BCUT2D eigenvalue weighted by atomic mass is 10.2. The predicted octanol–water partition coefficient (Wildman–Crippen LogP) is 1.13. The minimum absolute atomic E-state index is 0.0220. The molecule has 1 N–H and O–H groups in total. The maximum absolute atomic E-state index is 11.8. The Balaban J connectivity index is 2.68. The molecule has 0 aromatic rings. The summed E-state index contributed by atoms with van der Waals surface area (Å²) >= 11 is 0. The van der Waals surface area contributed by atoms with E-state index < -0.39 is 11.7 Å². The topological polar surface area (TPSA) is 58.6 Å². The van der Waals surface area contributed by atoms with E-state index in [1.54, 1.807) is 0 Å². The molecule has 1 saturated heterocycles. The van der Waals surface area contributed by atoms with Crippen molar-refractivity contribution in [3.8, 4) is 0 Å². The van der Waals surface area contributed by atoms with Crippen LogP contribution in [0.25, 0.3) is 0 Å². The Morgan fingerprint density at radius 1 is 1.50 bits per heavy atom. The maximum atomic E-state index is 11.8. The second-order valence-electron chi connectivity index (χ2n) is 5.10. The van der Waals surface area contributed by atoms with E-state index in [4.69, 9.17) is 4.74 Å². The lowest BCUT2D eigenvalue weighted by molar-refractivity contribution is -0.121. The van der Waals surface area contributed by atoms with Crippen LogP contribution in [-0.4, -0.2) is 41.6 Å². The smallest absolute Gasteiger partial charge is 0.410 e. The normalized spacial score (nSPS) is 22.4. The van der Waals surface area contributed by atoms with Crippen LogP contribution in [0, 0.1) is 0 Å². The van der Waals surface area contributed by atoms with Crippen LogP contribution in [0.5, 0.6) is 0 Å². The van der Waals surface area contributed by atoms with Gasteiger partial charge in [-0.25, -0.2) is 4.79 Å². The third kappa shape index (κ3) is 3.72. The molecule has 92 valence electrons. The molecule has 1 atom stereocenters. The number of carbonyl (C=O) groups excluding carboxylic acids is 2. The summed E-state index contributed by atoms with van der Waals surface area (Å²) in [6.45, 7) is 8.05. The Morgan fingerprint density at radius 2 is 2.12 bits per heavy atom. The van der Waals surface area contributed by atoms with Crippen molar-refractivity contribution in [1.82, 2.24) is 10.2 Å². The molecule has 0 aromatic heterocycles. The number of hydrogen-bond donors (Lipinski definition) is 1. The van der Waals surface area contributed by atoms with Crippen LogP contribution in [0.4, 0.5) is 4.79 Å². The Morgan fingerprint density at radius 3 is 2.69 bits per heavy atom. The molecule has 1 aliphatic rings. The summed E-state index contributed by atoms with van der Waals surface area (Å²) in [5, 5.41) is 2.73. The number of ether oxygens (including phenoxy) is 1. The second kappa shape index (κ2) is 4.72. The predicted molar refractivity (Wildman–Crippen MR) is 60.0 cm³/mol. The zero-order chi connectivity index (χ0) is 12.3. The molecule has 0 spiro atoms. The van der Waals surface area contributed by atoms with Crippen molar-refractivity contribution >= 4 is 12.0 Å². The summed E-state index contributed by atoms with van der Waals surface area (Å²) in [6.07, 6.45) is 0.336. The van der Waals surface area contributed by atoms with Crippen molar-refractivity contribution in [2.24, 2.45) is 0 Å². The van der Waals surface area contributed by atoms with Gasteiger partial charge < -0.3 is 10.1 Å². The first-order valence-electron chi connectivity index (χ1n) is 5.56. The van der Waals surface area contributed by atoms with Crippen LogP contribution in [0.3, 0.4) is 0 Å². The molecule has 1 unspecified atom stereocenters. The molecule has 1 fully saturated rings. The monoisotopic (exact) mass is 228 g/mol. The fraction of sp³-hybridized carbons (Fsp3) is 0.818. The van der Waals surface area contributed by atoms with E-state index in [0.717, 1.165) is 6.42 Å². The Hall–Kier alpha value is -1.26. The summed E-state index contributed by atoms with van der Waals surface area (Å²) < 4.78 is 5.26. The molecule has 1 rings (SSSR count). The van der Waals surface area contributed by atoms with Crippen molar-refractivity contribution in [2.75, 3.05) is 13.1 Å². The average Bonchev–Trinajstić information content (AvgIpc) is 2.25. The van der Waals surface area contributed by atoms with Crippen molar-refractivity contribution in [3.05, 3.63) is 0 Å². The summed E-state index contributed by atoms with van der Waals surface area (Å²) in [4.78, 5) is 24.7. The van der Waals surface area contributed by atoms with Crippen LogP contribution < -0.4 is 5.32 Å². The third-order valence-electron chi connectivity index (χ3n) is 2.36. The first-order chi connectivity index (χ1) is 7.29. The van der Waals surface area contributed by atoms with Crippen molar-refractivity contribution in [3.63, 3.8) is 0 Å². The summed E-state index contributed by atoms with van der Waals surface area (Å²) in [7, 11) is 0. The fourth-order valence-corrected chi connectivity index (χ4v) is 1.51. The highest BCUT2D eigenvalue weighted by Crippen LogP contribution is 2.14. The molecule has 1 aliphatic heterocycles. The van der Waals surface area contributed by atoms with Crippen molar-refractivity contribution in [1.29, 1.82) is 0 Å². The first kappa shape index (κ1) is 12.8. The highest BCUT2D eigenvalue weighted by atomic mass is 16.6. The van der Waals surface area contributed by atoms with E-state index in [-0.39, 0.29) is 18.5 Å². The van der Waals surface area contributed by atoms with Gasteiger partial charge in [-0.3, -0.25) is 9.69 Å². The van der Waals surface area contributed by atoms with Crippen LogP contribution >= 0.6 is 0 Å². The highest BCUT2D eigenvalue weighted by Gasteiger charge is 2.29. The Labute approximate surface area is 96.1 Å².